The lowest BCUT2D eigenvalue weighted by Crippen LogP contribution is -2.38. The minimum Gasteiger partial charge on any atom is -0.494 e. The van der Waals surface area contributed by atoms with Crippen molar-refractivity contribution in [3.63, 3.8) is 0 Å². The van der Waals surface area contributed by atoms with E-state index in [9.17, 15) is 12.8 Å². The van der Waals surface area contributed by atoms with Crippen molar-refractivity contribution >= 4 is 27.0 Å². The molecule has 0 unspecified atom stereocenters. The van der Waals surface area contributed by atoms with E-state index in [-0.39, 0.29) is 23.8 Å². The summed E-state index contributed by atoms with van der Waals surface area (Å²) >= 11 is 1.31. The van der Waals surface area contributed by atoms with E-state index < -0.39 is 15.8 Å². The highest BCUT2D eigenvalue weighted by molar-refractivity contribution is 7.92. The molecule has 0 radical (unpaired) electrons. The standard InChI is InChI=1S/C20H15FN2O4S2/c1-26-18-6-4-15(11-16(18)21)29(24,25)23-8-9-27-19-5-2-13(10-17(19)23)20-7-3-14(12-22)28-20/h2-7,10-11H,8-9H2,1H3. The summed E-state index contributed by atoms with van der Waals surface area (Å²) in [5, 5.41) is 9.04. The predicted molar refractivity (Wildman–Crippen MR) is 107 cm³/mol. The molecule has 0 amide bonds. The number of sulfonamides is 1. The number of methoxy groups -OCH3 is 1. The molecule has 9 heteroatoms. The first-order valence-corrected chi connectivity index (χ1v) is 10.8. The van der Waals surface area contributed by atoms with Crippen molar-refractivity contribution < 1.29 is 22.3 Å². The second kappa shape index (κ2) is 7.39. The number of halogens is 1. The summed E-state index contributed by atoms with van der Waals surface area (Å²) in [6.07, 6.45) is 0. The van der Waals surface area contributed by atoms with Gasteiger partial charge in [0.1, 0.15) is 23.3 Å². The fourth-order valence-electron chi connectivity index (χ4n) is 3.08. The minimum atomic E-state index is -4.01. The molecule has 29 heavy (non-hydrogen) atoms. The van der Waals surface area contributed by atoms with Crippen LogP contribution in [-0.4, -0.2) is 28.7 Å². The molecule has 148 valence electrons. The fraction of sp³-hybridized carbons (Fsp3) is 0.150. The van der Waals surface area contributed by atoms with Gasteiger partial charge in [-0.2, -0.15) is 5.26 Å². The van der Waals surface area contributed by atoms with E-state index in [4.69, 9.17) is 14.7 Å². The van der Waals surface area contributed by atoms with Crippen molar-refractivity contribution in [1.82, 2.24) is 0 Å². The maximum Gasteiger partial charge on any atom is 0.264 e. The highest BCUT2D eigenvalue weighted by atomic mass is 32.2. The lowest BCUT2D eigenvalue weighted by Gasteiger charge is -2.31. The van der Waals surface area contributed by atoms with Crippen molar-refractivity contribution in [2.45, 2.75) is 4.90 Å². The van der Waals surface area contributed by atoms with Gasteiger partial charge in [-0.15, -0.1) is 11.3 Å². The number of ether oxygens (including phenoxy) is 2. The van der Waals surface area contributed by atoms with Crippen molar-refractivity contribution in [3.05, 3.63) is 59.2 Å². The Morgan fingerprint density at radius 1 is 1.21 bits per heavy atom. The number of nitriles is 1. The molecule has 0 fully saturated rings. The Balaban J connectivity index is 1.78. The fourth-order valence-corrected chi connectivity index (χ4v) is 5.35. The van der Waals surface area contributed by atoms with Gasteiger partial charge >= 0.3 is 0 Å². The molecule has 0 saturated carbocycles. The van der Waals surface area contributed by atoms with Gasteiger partial charge in [-0.3, -0.25) is 4.31 Å². The summed E-state index contributed by atoms with van der Waals surface area (Å²) in [5.74, 6) is -0.354. The molecule has 2 aromatic carbocycles. The Bertz CT molecular complexity index is 1230. The molecule has 1 aliphatic rings. The van der Waals surface area contributed by atoms with Crippen LogP contribution < -0.4 is 13.8 Å². The van der Waals surface area contributed by atoms with Crippen LogP contribution in [0.5, 0.6) is 11.5 Å². The van der Waals surface area contributed by atoms with Gasteiger partial charge in [-0.25, -0.2) is 12.8 Å². The van der Waals surface area contributed by atoms with Crippen LogP contribution in [0.2, 0.25) is 0 Å². The third-order valence-electron chi connectivity index (χ3n) is 4.49. The van der Waals surface area contributed by atoms with E-state index in [2.05, 4.69) is 6.07 Å². The normalized spacial score (nSPS) is 13.3. The highest BCUT2D eigenvalue weighted by Crippen LogP contribution is 2.40. The second-order valence-corrected chi connectivity index (χ2v) is 9.13. The van der Waals surface area contributed by atoms with Crippen LogP contribution in [0.15, 0.2) is 53.4 Å². The van der Waals surface area contributed by atoms with Gasteiger partial charge in [-0.1, -0.05) is 0 Å². The van der Waals surface area contributed by atoms with Gasteiger partial charge in [0.25, 0.3) is 10.0 Å². The molecule has 1 aromatic heterocycles. The monoisotopic (exact) mass is 430 g/mol. The van der Waals surface area contributed by atoms with Crippen LogP contribution in [-0.2, 0) is 10.0 Å². The van der Waals surface area contributed by atoms with E-state index in [1.807, 2.05) is 12.1 Å². The number of hydrogen-bond acceptors (Lipinski definition) is 6. The van der Waals surface area contributed by atoms with Crippen LogP contribution in [0, 0.1) is 17.1 Å². The van der Waals surface area contributed by atoms with E-state index in [1.54, 1.807) is 18.2 Å². The van der Waals surface area contributed by atoms with E-state index >= 15 is 0 Å². The summed E-state index contributed by atoms with van der Waals surface area (Å²) in [7, 11) is -2.70. The van der Waals surface area contributed by atoms with Crippen molar-refractivity contribution in [2.75, 3.05) is 24.6 Å². The molecule has 0 N–H and O–H groups in total. The zero-order valence-electron chi connectivity index (χ0n) is 15.3. The summed E-state index contributed by atoms with van der Waals surface area (Å²) in [5.41, 5.74) is 1.14. The topological polar surface area (TPSA) is 79.6 Å². The lowest BCUT2D eigenvalue weighted by atomic mass is 10.1. The molecule has 3 aromatic rings. The molecule has 0 saturated heterocycles. The second-order valence-electron chi connectivity index (χ2n) is 6.18. The number of anilines is 1. The van der Waals surface area contributed by atoms with Gasteiger partial charge in [0.05, 0.1) is 24.2 Å². The number of benzene rings is 2. The molecule has 4 rings (SSSR count). The maximum atomic E-state index is 14.1. The van der Waals surface area contributed by atoms with Gasteiger partial charge in [0.2, 0.25) is 0 Å². The molecule has 2 heterocycles. The van der Waals surface area contributed by atoms with Crippen LogP contribution in [0.25, 0.3) is 10.4 Å². The van der Waals surface area contributed by atoms with E-state index in [0.29, 0.717) is 16.3 Å². The average molecular weight is 430 g/mol. The zero-order chi connectivity index (χ0) is 20.6. The number of nitrogens with zero attached hydrogens (tertiary/aromatic N) is 2. The van der Waals surface area contributed by atoms with Crippen LogP contribution in [0.4, 0.5) is 10.1 Å². The third kappa shape index (κ3) is 3.41. The van der Waals surface area contributed by atoms with Crippen LogP contribution in [0.3, 0.4) is 0 Å². The van der Waals surface area contributed by atoms with Crippen molar-refractivity contribution in [1.29, 1.82) is 5.26 Å². The number of hydrogen-bond donors (Lipinski definition) is 0. The van der Waals surface area contributed by atoms with Gasteiger partial charge in [0.15, 0.2) is 11.6 Å². The Morgan fingerprint density at radius 3 is 2.72 bits per heavy atom. The highest BCUT2D eigenvalue weighted by Gasteiger charge is 2.31. The molecule has 6 nitrogen and oxygen atoms in total. The zero-order valence-corrected chi connectivity index (χ0v) is 16.9. The molecule has 0 spiro atoms. The largest absolute Gasteiger partial charge is 0.494 e. The molecular formula is C20H15FN2O4S2. The molecule has 0 bridgehead atoms. The van der Waals surface area contributed by atoms with Gasteiger partial charge < -0.3 is 9.47 Å². The Hall–Kier alpha value is -3.09. The number of thiophene rings is 1. The lowest BCUT2D eigenvalue weighted by molar-refractivity contribution is 0.316. The molecule has 1 aliphatic heterocycles. The Kier molecular flexibility index (Phi) is 4.90. The summed E-state index contributed by atoms with van der Waals surface area (Å²) in [6.45, 7) is 0.280. The first kappa shape index (κ1) is 19.2. The number of rotatable bonds is 4. The summed E-state index contributed by atoms with van der Waals surface area (Å²) in [4.78, 5) is 1.23. The summed E-state index contributed by atoms with van der Waals surface area (Å²) < 4.78 is 52.2. The quantitative estimate of drug-likeness (QED) is 0.625. The Labute approximate surface area is 171 Å². The van der Waals surface area contributed by atoms with Gasteiger partial charge in [-0.05, 0) is 54.1 Å². The molecule has 0 atom stereocenters. The number of fused-ring (bicyclic) bond motifs is 1. The van der Waals surface area contributed by atoms with Crippen LogP contribution >= 0.6 is 11.3 Å². The Morgan fingerprint density at radius 2 is 2.03 bits per heavy atom. The van der Waals surface area contributed by atoms with Crippen molar-refractivity contribution in [2.24, 2.45) is 0 Å². The molecule has 0 aliphatic carbocycles. The minimum absolute atomic E-state index is 0.0281. The summed E-state index contributed by atoms with van der Waals surface area (Å²) in [6, 6.07) is 14.4. The van der Waals surface area contributed by atoms with Crippen molar-refractivity contribution in [3.8, 4) is 28.0 Å². The third-order valence-corrected chi connectivity index (χ3v) is 7.34. The maximum absolute atomic E-state index is 14.1. The first-order valence-electron chi connectivity index (χ1n) is 8.57. The average Bonchev–Trinajstić information content (AvgIpc) is 3.22. The predicted octanol–water partition coefficient (Wildman–Crippen LogP) is 4.02. The van der Waals surface area contributed by atoms with Crippen LogP contribution in [0.1, 0.15) is 4.88 Å². The SMILES string of the molecule is COc1ccc(S(=O)(=O)N2CCOc3ccc(-c4ccc(C#N)s4)cc32)cc1F. The molecular weight excluding hydrogens is 415 g/mol. The van der Waals surface area contributed by atoms with E-state index in [0.717, 1.165) is 16.5 Å². The van der Waals surface area contributed by atoms with E-state index in [1.165, 1.54) is 34.9 Å². The first-order chi connectivity index (χ1) is 13.9. The van der Waals surface area contributed by atoms with Gasteiger partial charge in [0, 0.05) is 4.88 Å². The smallest absolute Gasteiger partial charge is 0.264 e.